The maximum absolute atomic E-state index is 11.3. The van der Waals surface area contributed by atoms with Crippen molar-refractivity contribution < 1.29 is 9.90 Å². The van der Waals surface area contributed by atoms with Crippen molar-refractivity contribution in [1.82, 2.24) is 4.90 Å². The van der Waals surface area contributed by atoms with Crippen molar-refractivity contribution in [2.24, 2.45) is 0 Å². The van der Waals surface area contributed by atoms with E-state index in [1.54, 1.807) is 6.07 Å². The molecule has 0 saturated heterocycles. The molecule has 104 valence electrons. The van der Waals surface area contributed by atoms with Crippen LogP contribution in [0.15, 0.2) is 24.8 Å². The van der Waals surface area contributed by atoms with Crippen LogP contribution in [0.4, 0.5) is 4.79 Å². The van der Waals surface area contributed by atoms with Crippen LogP contribution in [-0.2, 0) is 6.54 Å². The number of carboxylic acid groups (broad SMARTS) is 1. The van der Waals surface area contributed by atoms with Gasteiger partial charge in [-0.3, -0.25) is 4.90 Å². The minimum absolute atomic E-state index is 0.315. The molecule has 0 unspecified atom stereocenters. The average Bonchev–Trinajstić information content (AvgIpc) is 2.23. The van der Waals surface area contributed by atoms with E-state index in [1.165, 1.54) is 4.90 Å². The van der Waals surface area contributed by atoms with Crippen LogP contribution in [0.25, 0.3) is 5.57 Å². The number of carbonyl (C=O) groups is 1. The molecule has 1 rings (SSSR count). The van der Waals surface area contributed by atoms with Crippen molar-refractivity contribution in [3.8, 4) is 0 Å². The normalized spacial score (nSPS) is 11.2. The van der Waals surface area contributed by atoms with E-state index in [0.29, 0.717) is 11.6 Å². The van der Waals surface area contributed by atoms with Gasteiger partial charge in [0, 0.05) is 17.1 Å². The van der Waals surface area contributed by atoms with E-state index >= 15 is 0 Å². The molecule has 1 aromatic rings. The van der Waals surface area contributed by atoms with Crippen molar-refractivity contribution in [1.29, 1.82) is 0 Å². The molecule has 0 heterocycles. The average molecular weight is 282 g/mol. The molecule has 0 atom stereocenters. The third-order valence-corrected chi connectivity index (χ3v) is 3.19. The van der Waals surface area contributed by atoms with Crippen LogP contribution >= 0.6 is 11.6 Å². The molecular weight excluding hydrogens is 262 g/mol. The zero-order valence-electron chi connectivity index (χ0n) is 11.8. The summed E-state index contributed by atoms with van der Waals surface area (Å²) in [6.45, 7) is 11.7. The quantitative estimate of drug-likeness (QED) is 0.876. The lowest BCUT2D eigenvalue weighted by atomic mass is 10.0. The van der Waals surface area contributed by atoms with Crippen molar-refractivity contribution in [3.05, 3.63) is 40.9 Å². The lowest BCUT2D eigenvalue weighted by Gasteiger charge is -2.33. The van der Waals surface area contributed by atoms with Gasteiger partial charge in [0.15, 0.2) is 0 Å². The molecule has 3 nitrogen and oxygen atoms in total. The molecule has 1 aromatic carbocycles. The van der Waals surface area contributed by atoms with E-state index in [2.05, 4.69) is 6.58 Å². The number of hydrogen-bond acceptors (Lipinski definition) is 1. The zero-order valence-corrected chi connectivity index (χ0v) is 12.6. The first-order valence-corrected chi connectivity index (χ1v) is 6.45. The fraction of sp³-hybridized carbons (Fsp3) is 0.400. The second kappa shape index (κ2) is 5.66. The minimum Gasteiger partial charge on any atom is -0.465 e. The maximum atomic E-state index is 11.3. The lowest BCUT2D eigenvalue weighted by molar-refractivity contribution is 0.0955. The molecule has 0 saturated carbocycles. The Morgan fingerprint density at radius 3 is 2.37 bits per heavy atom. The van der Waals surface area contributed by atoms with Gasteiger partial charge >= 0.3 is 6.09 Å². The Morgan fingerprint density at radius 1 is 1.42 bits per heavy atom. The van der Waals surface area contributed by atoms with Gasteiger partial charge in [-0.15, -0.1) is 0 Å². The van der Waals surface area contributed by atoms with Gasteiger partial charge in [-0.2, -0.15) is 0 Å². The SMILES string of the molecule is C=C(C)c1ccc(CN(C(=O)O)C(C)(C)C)cc1Cl. The monoisotopic (exact) mass is 281 g/mol. The molecule has 4 heteroatoms. The fourth-order valence-corrected chi connectivity index (χ4v) is 2.14. The number of benzene rings is 1. The summed E-state index contributed by atoms with van der Waals surface area (Å²) in [5.41, 5.74) is 2.20. The van der Waals surface area contributed by atoms with Crippen molar-refractivity contribution in [2.75, 3.05) is 0 Å². The number of rotatable bonds is 3. The molecule has 0 fully saturated rings. The van der Waals surface area contributed by atoms with E-state index in [1.807, 2.05) is 39.8 Å². The second-order valence-electron chi connectivity index (χ2n) is 5.63. The van der Waals surface area contributed by atoms with Gasteiger partial charge in [0.2, 0.25) is 0 Å². The molecule has 0 bridgehead atoms. The predicted molar refractivity (Wildman–Crippen MR) is 79.5 cm³/mol. The van der Waals surface area contributed by atoms with Crippen LogP contribution in [0, 0.1) is 0 Å². The number of nitrogens with zero attached hydrogens (tertiary/aromatic N) is 1. The van der Waals surface area contributed by atoms with E-state index in [-0.39, 0.29) is 0 Å². The van der Waals surface area contributed by atoms with Gasteiger partial charge in [0.25, 0.3) is 0 Å². The molecule has 19 heavy (non-hydrogen) atoms. The Balaban J connectivity index is 3.02. The summed E-state index contributed by atoms with van der Waals surface area (Å²) in [5, 5.41) is 9.86. The smallest absolute Gasteiger partial charge is 0.408 e. The highest BCUT2D eigenvalue weighted by Crippen LogP contribution is 2.25. The maximum Gasteiger partial charge on any atom is 0.408 e. The Kier molecular flexibility index (Phi) is 4.64. The third kappa shape index (κ3) is 4.00. The second-order valence-corrected chi connectivity index (χ2v) is 6.04. The minimum atomic E-state index is -0.937. The standard InChI is InChI=1S/C15H20ClNO2/c1-10(2)12-7-6-11(8-13(12)16)9-17(14(18)19)15(3,4)5/h6-8H,1,9H2,2-5H3,(H,18,19). The highest BCUT2D eigenvalue weighted by molar-refractivity contribution is 6.32. The summed E-state index contributed by atoms with van der Waals surface area (Å²) in [7, 11) is 0. The topological polar surface area (TPSA) is 40.5 Å². The first-order chi connectivity index (χ1) is 8.62. The van der Waals surface area contributed by atoms with E-state index < -0.39 is 11.6 Å². The van der Waals surface area contributed by atoms with Gasteiger partial charge < -0.3 is 5.11 Å². The first kappa shape index (κ1) is 15.6. The van der Waals surface area contributed by atoms with Gasteiger partial charge in [0.1, 0.15) is 0 Å². The molecule has 0 aliphatic rings. The molecule has 0 radical (unpaired) electrons. The fourth-order valence-electron chi connectivity index (χ4n) is 1.78. The third-order valence-electron chi connectivity index (χ3n) is 2.87. The summed E-state index contributed by atoms with van der Waals surface area (Å²) >= 11 is 6.17. The molecule has 0 aromatic heterocycles. The van der Waals surface area contributed by atoms with Crippen LogP contribution in [0.5, 0.6) is 0 Å². The van der Waals surface area contributed by atoms with Crippen LogP contribution in [0.1, 0.15) is 38.8 Å². The van der Waals surface area contributed by atoms with Gasteiger partial charge in [0.05, 0.1) is 0 Å². The van der Waals surface area contributed by atoms with Gasteiger partial charge in [-0.1, -0.05) is 30.3 Å². The number of allylic oxidation sites excluding steroid dienone is 1. The van der Waals surface area contributed by atoms with E-state index in [4.69, 9.17) is 11.6 Å². The molecule has 1 N–H and O–H groups in total. The largest absolute Gasteiger partial charge is 0.465 e. The van der Waals surface area contributed by atoms with Crippen molar-refractivity contribution in [3.63, 3.8) is 0 Å². The van der Waals surface area contributed by atoms with E-state index in [0.717, 1.165) is 16.7 Å². The molecule has 0 aliphatic carbocycles. The lowest BCUT2D eigenvalue weighted by Crippen LogP contribution is -2.44. The molecule has 0 aliphatic heterocycles. The highest BCUT2D eigenvalue weighted by atomic mass is 35.5. The summed E-state index contributed by atoms with van der Waals surface area (Å²) in [6.07, 6.45) is -0.937. The number of amides is 1. The van der Waals surface area contributed by atoms with Crippen molar-refractivity contribution in [2.45, 2.75) is 39.8 Å². The number of hydrogen-bond donors (Lipinski definition) is 1. The summed E-state index contributed by atoms with van der Waals surface area (Å²) in [5.74, 6) is 0. The number of halogens is 1. The van der Waals surface area contributed by atoms with Gasteiger partial charge in [-0.05, 0) is 50.5 Å². The first-order valence-electron chi connectivity index (χ1n) is 6.08. The zero-order chi connectivity index (χ0) is 14.8. The van der Waals surface area contributed by atoms with Crippen LogP contribution in [0.2, 0.25) is 5.02 Å². The Hall–Kier alpha value is -1.48. The predicted octanol–water partition coefficient (Wildman–Crippen LogP) is 4.65. The summed E-state index contributed by atoms with van der Waals surface area (Å²) in [6, 6.07) is 5.56. The Labute approximate surface area is 119 Å². The molecule has 1 amide bonds. The molecular formula is C15H20ClNO2. The summed E-state index contributed by atoms with van der Waals surface area (Å²) in [4.78, 5) is 12.7. The van der Waals surface area contributed by atoms with Crippen molar-refractivity contribution >= 4 is 23.3 Å². The van der Waals surface area contributed by atoms with Crippen LogP contribution in [0.3, 0.4) is 0 Å². The Morgan fingerprint density at radius 2 is 2.00 bits per heavy atom. The van der Waals surface area contributed by atoms with Gasteiger partial charge in [-0.25, -0.2) is 4.79 Å². The van der Waals surface area contributed by atoms with Crippen LogP contribution in [-0.4, -0.2) is 21.6 Å². The molecule has 0 spiro atoms. The Bertz CT molecular complexity index is 503. The van der Waals surface area contributed by atoms with E-state index in [9.17, 15) is 9.90 Å². The highest BCUT2D eigenvalue weighted by Gasteiger charge is 2.26. The summed E-state index contributed by atoms with van der Waals surface area (Å²) < 4.78 is 0. The van der Waals surface area contributed by atoms with Crippen LogP contribution < -0.4 is 0 Å².